The van der Waals surface area contributed by atoms with Gasteiger partial charge in [-0.25, -0.2) is 0 Å². The van der Waals surface area contributed by atoms with E-state index in [0.717, 1.165) is 29.5 Å². The first-order chi connectivity index (χ1) is 11.6. The van der Waals surface area contributed by atoms with Gasteiger partial charge in [0.25, 0.3) is 11.8 Å². The van der Waals surface area contributed by atoms with Crippen LogP contribution < -0.4 is 15.8 Å². The predicted molar refractivity (Wildman–Crippen MR) is 96.7 cm³/mol. The summed E-state index contributed by atoms with van der Waals surface area (Å²) in [6.07, 6.45) is 2.06. The number of hydrazine groups is 1. The van der Waals surface area contributed by atoms with Crippen LogP contribution in [0, 0.1) is 0 Å². The van der Waals surface area contributed by atoms with Gasteiger partial charge in [-0.15, -0.1) is 0 Å². The van der Waals surface area contributed by atoms with Gasteiger partial charge in [0.2, 0.25) is 0 Å². The molecule has 0 aromatic heterocycles. The van der Waals surface area contributed by atoms with Gasteiger partial charge >= 0.3 is 0 Å². The SMILES string of the molecule is O=C(CN1CCCc2ccccc21)NNC(=O)c1cccc(Br)c1. The summed E-state index contributed by atoms with van der Waals surface area (Å²) in [5.74, 6) is -0.584. The quantitative estimate of drug-likeness (QED) is 0.795. The molecule has 1 heterocycles. The van der Waals surface area contributed by atoms with Crippen LogP contribution in [0.5, 0.6) is 0 Å². The number of hydrogen-bond acceptors (Lipinski definition) is 3. The van der Waals surface area contributed by atoms with Crippen LogP contribution in [-0.4, -0.2) is 24.9 Å². The number of fused-ring (bicyclic) bond motifs is 1. The Kier molecular flexibility index (Phi) is 5.15. The Morgan fingerprint density at radius 2 is 1.92 bits per heavy atom. The van der Waals surface area contributed by atoms with Crippen LogP contribution in [0.4, 0.5) is 5.69 Å². The Morgan fingerprint density at radius 3 is 2.75 bits per heavy atom. The van der Waals surface area contributed by atoms with Crippen molar-refractivity contribution in [1.82, 2.24) is 10.9 Å². The molecule has 0 aliphatic carbocycles. The van der Waals surface area contributed by atoms with E-state index in [1.165, 1.54) is 5.56 Å². The average Bonchev–Trinajstić information content (AvgIpc) is 2.60. The van der Waals surface area contributed by atoms with Gasteiger partial charge in [-0.3, -0.25) is 20.4 Å². The van der Waals surface area contributed by atoms with Crippen LogP contribution in [-0.2, 0) is 11.2 Å². The fourth-order valence-electron chi connectivity index (χ4n) is 2.82. The molecule has 1 aliphatic rings. The summed E-state index contributed by atoms with van der Waals surface area (Å²) in [6, 6.07) is 15.1. The lowest BCUT2D eigenvalue weighted by atomic mass is 10.0. The Bertz CT molecular complexity index is 763. The van der Waals surface area contributed by atoms with Crippen LogP contribution >= 0.6 is 15.9 Å². The van der Waals surface area contributed by atoms with Gasteiger partial charge in [-0.1, -0.05) is 40.2 Å². The largest absolute Gasteiger partial charge is 0.362 e. The topological polar surface area (TPSA) is 61.4 Å². The van der Waals surface area contributed by atoms with Crippen molar-refractivity contribution in [2.45, 2.75) is 12.8 Å². The molecule has 2 aromatic rings. The molecule has 0 atom stereocenters. The van der Waals surface area contributed by atoms with Crippen molar-refractivity contribution in [3.8, 4) is 0 Å². The van der Waals surface area contributed by atoms with Crippen molar-refractivity contribution in [1.29, 1.82) is 0 Å². The maximum absolute atomic E-state index is 12.1. The molecule has 6 heteroatoms. The fourth-order valence-corrected chi connectivity index (χ4v) is 3.22. The second-order valence-corrected chi connectivity index (χ2v) is 6.58. The number of carbonyl (C=O) groups excluding carboxylic acids is 2. The van der Waals surface area contributed by atoms with E-state index in [-0.39, 0.29) is 18.4 Å². The summed E-state index contributed by atoms with van der Waals surface area (Å²) < 4.78 is 0.811. The van der Waals surface area contributed by atoms with Crippen molar-refractivity contribution in [2.24, 2.45) is 0 Å². The number of amides is 2. The summed E-state index contributed by atoms with van der Waals surface area (Å²) in [5.41, 5.74) is 7.77. The minimum atomic E-state index is -0.344. The number of hydrogen-bond donors (Lipinski definition) is 2. The molecule has 5 nitrogen and oxygen atoms in total. The van der Waals surface area contributed by atoms with E-state index in [1.807, 2.05) is 29.2 Å². The number of nitrogens with one attached hydrogen (secondary N) is 2. The second-order valence-electron chi connectivity index (χ2n) is 5.67. The number of nitrogens with zero attached hydrogens (tertiary/aromatic N) is 1. The molecular weight excluding hydrogens is 370 g/mol. The number of carbonyl (C=O) groups is 2. The van der Waals surface area contributed by atoms with Gasteiger partial charge in [0, 0.05) is 22.3 Å². The monoisotopic (exact) mass is 387 g/mol. The Hall–Kier alpha value is -2.34. The smallest absolute Gasteiger partial charge is 0.269 e. The Balaban J connectivity index is 1.56. The number of para-hydroxylation sites is 1. The second kappa shape index (κ2) is 7.49. The number of anilines is 1. The zero-order valence-corrected chi connectivity index (χ0v) is 14.7. The van der Waals surface area contributed by atoms with Crippen molar-refractivity contribution < 1.29 is 9.59 Å². The molecule has 0 spiro atoms. The maximum Gasteiger partial charge on any atom is 0.269 e. The zero-order valence-electron chi connectivity index (χ0n) is 13.1. The molecule has 2 aromatic carbocycles. The fraction of sp³-hybridized carbons (Fsp3) is 0.222. The highest BCUT2D eigenvalue weighted by Crippen LogP contribution is 2.26. The lowest BCUT2D eigenvalue weighted by Crippen LogP contribution is -2.47. The molecular formula is C18H18BrN3O2. The minimum absolute atomic E-state index is 0.218. The molecule has 0 bridgehead atoms. The normalized spacial score (nSPS) is 13.1. The molecule has 0 saturated heterocycles. The summed E-state index contributed by atoms with van der Waals surface area (Å²) in [5, 5.41) is 0. The summed E-state index contributed by atoms with van der Waals surface area (Å²) in [6.45, 7) is 1.06. The molecule has 1 aliphatic heterocycles. The lowest BCUT2D eigenvalue weighted by Gasteiger charge is -2.30. The molecule has 0 fully saturated rings. The van der Waals surface area contributed by atoms with Crippen molar-refractivity contribution >= 4 is 33.4 Å². The van der Waals surface area contributed by atoms with E-state index in [4.69, 9.17) is 0 Å². The maximum atomic E-state index is 12.1. The van der Waals surface area contributed by atoms with Crippen LogP contribution in [0.25, 0.3) is 0 Å². The summed E-state index contributed by atoms with van der Waals surface area (Å²) in [4.78, 5) is 26.2. The van der Waals surface area contributed by atoms with E-state index in [1.54, 1.807) is 18.2 Å². The van der Waals surface area contributed by atoms with Crippen LogP contribution in [0.3, 0.4) is 0 Å². The third-order valence-electron chi connectivity index (χ3n) is 3.94. The molecule has 0 radical (unpaired) electrons. The van der Waals surface area contributed by atoms with Crippen molar-refractivity contribution in [3.05, 3.63) is 64.1 Å². The first-order valence-corrected chi connectivity index (χ1v) is 8.60. The van der Waals surface area contributed by atoms with Gasteiger partial charge in [-0.2, -0.15) is 0 Å². The molecule has 24 heavy (non-hydrogen) atoms. The third kappa shape index (κ3) is 3.94. The van der Waals surface area contributed by atoms with E-state index in [0.29, 0.717) is 5.56 Å². The van der Waals surface area contributed by atoms with Crippen LogP contribution in [0.15, 0.2) is 53.0 Å². The first kappa shape index (κ1) is 16.5. The Labute approximate surface area is 149 Å². The highest BCUT2D eigenvalue weighted by atomic mass is 79.9. The van der Waals surface area contributed by atoms with Gasteiger partial charge < -0.3 is 4.90 Å². The molecule has 0 unspecified atom stereocenters. The Morgan fingerprint density at radius 1 is 1.08 bits per heavy atom. The van der Waals surface area contributed by atoms with Crippen molar-refractivity contribution in [2.75, 3.05) is 18.0 Å². The van der Waals surface area contributed by atoms with E-state index in [9.17, 15) is 9.59 Å². The van der Waals surface area contributed by atoms with Gasteiger partial charge in [0.15, 0.2) is 0 Å². The number of benzene rings is 2. The molecule has 0 saturated carbocycles. The first-order valence-electron chi connectivity index (χ1n) is 7.81. The van der Waals surface area contributed by atoms with Gasteiger partial charge in [-0.05, 0) is 42.7 Å². The lowest BCUT2D eigenvalue weighted by molar-refractivity contribution is -0.120. The minimum Gasteiger partial charge on any atom is -0.362 e. The van der Waals surface area contributed by atoms with E-state index >= 15 is 0 Å². The number of halogens is 1. The number of rotatable bonds is 3. The average molecular weight is 388 g/mol. The molecule has 3 rings (SSSR count). The highest BCUT2D eigenvalue weighted by Gasteiger charge is 2.18. The predicted octanol–water partition coefficient (Wildman–Crippen LogP) is 2.66. The van der Waals surface area contributed by atoms with E-state index < -0.39 is 0 Å². The van der Waals surface area contributed by atoms with Crippen molar-refractivity contribution in [3.63, 3.8) is 0 Å². The van der Waals surface area contributed by atoms with Crippen LogP contribution in [0.2, 0.25) is 0 Å². The summed E-state index contributed by atoms with van der Waals surface area (Å²) >= 11 is 3.32. The summed E-state index contributed by atoms with van der Waals surface area (Å²) in [7, 11) is 0. The van der Waals surface area contributed by atoms with Gasteiger partial charge in [0.05, 0.1) is 6.54 Å². The zero-order chi connectivity index (χ0) is 16.9. The molecule has 2 amide bonds. The van der Waals surface area contributed by atoms with Gasteiger partial charge in [0.1, 0.15) is 0 Å². The third-order valence-corrected chi connectivity index (χ3v) is 4.44. The highest BCUT2D eigenvalue weighted by molar-refractivity contribution is 9.10. The van der Waals surface area contributed by atoms with E-state index in [2.05, 4.69) is 32.8 Å². The molecule has 124 valence electrons. The van der Waals surface area contributed by atoms with Crippen LogP contribution in [0.1, 0.15) is 22.3 Å². The molecule has 2 N–H and O–H groups in total. The standard InChI is InChI=1S/C18H18BrN3O2/c19-15-8-3-6-14(11-15)18(24)21-20-17(23)12-22-10-4-7-13-5-1-2-9-16(13)22/h1-3,5-6,8-9,11H,4,7,10,12H2,(H,20,23)(H,21,24). The number of aryl methyl sites for hydroxylation is 1.